The van der Waals surface area contributed by atoms with Crippen molar-refractivity contribution >= 4 is 5.82 Å². The Morgan fingerprint density at radius 2 is 1.96 bits per heavy atom. The molecule has 2 heterocycles. The molecule has 2 aromatic carbocycles. The number of rotatable bonds is 4. The number of nitriles is 1. The van der Waals surface area contributed by atoms with E-state index in [-0.39, 0.29) is 0 Å². The van der Waals surface area contributed by atoms with Gasteiger partial charge >= 0.3 is 0 Å². The highest BCUT2D eigenvalue weighted by molar-refractivity contribution is 5.77. The summed E-state index contributed by atoms with van der Waals surface area (Å²) < 4.78 is 12.9. The van der Waals surface area contributed by atoms with E-state index in [9.17, 15) is 5.26 Å². The van der Waals surface area contributed by atoms with Gasteiger partial charge in [-0.25, -0.2) is 4.68 Å². The summed E-state index contributed by atoms with van der Waals surface area (Å²) in [7, 11) is 3.31. The molecule has 0 amide bonds. The van der Waals surface area contributed by atoms with Gasteiger partial charge in [-0.1, -0.05) is 12.1 Å². The summed E-state index contributed by atoms with van der Waals surface area (Å²) in [5.41, 5.74) is 4.23. The third-order valence-corrected chi connectivity index (χ3v) is 5.04. The molecule has 0 spiro atoms. The molecule has 28 heavy (non-hydrogen) atoms. The third kappa shape index (κ3) is 3.05. The van der Waals surface area contributed by atoms with Crippen molar-refractivity contribution in [3.8, 4) is 34.5 Å². The Bertz CT molecular complexity index is 1050. The fourth-order valence-corrected chi connectivity index (χ4v) is 3.65. The summed E-state index contributed by atoms with van der Waals surface area (Å²) in [6, 6.07) is 15.5. The molecule has 6 heteroatoms. The van der Waals surface area contributed by atoms with Crippen LogP contribution in [0, 0.1) is 11.3 Å². The van der Waals surface area contributed by atoms with Gasteiger partial charge in [0.15, 0.2) is 0 Å². The van der Waals surface area contributed by atoms with E-state index in [0.29, 0.717) is 5.56 Å². The zero-order valence-electron chi connectivity index (χ0n) is 16.0. The monoisotopic (exact) mass is 374 g/mol. The topological polar surface area (TPSA) is 72.1 Å². The number of fused-ring (bicyclic) bond motifs is 1. The van der Waals surface area contributed by atoms with Crippen molar-refractivity contribution < 1.29 is 9.47 Å². The van der Waals surface area contributed by atoms with E-state index in [1.807, 2.05) is 47.1 Å². The molecule has 0 aliphatic carbocycles. The van der Waals surface area contributed by atoms with Gasteiger partial charge in [0, 0.05) is 17.7 Å². The molecule has 4 rings (SSSR count). The maximum Gasteiger partial charge on any atom is 0.133 e. The Morgan fingerprint density at radius 1 is 1.11 bits per heavy atom. The lowest BCUT2D eigenvalue weighted by Gasteiger charge is -2.10. The number of hydrogen-bond donors (Lipinski definition) is 1. The van der Waals surface area contributed by atoms with Crippen LogP contribution in [0.25, 0.3) is 16.9 Å². The molecule has 0 bridgehead atoms. The van der Waals surface area contributed by atoms with Crippen LogP contribution >= 0.6 is 0 Å². The molecule has 142 valence electrons. The molecule has 1 aliphatic rings. The van der Waals surface area contributed by atoms with E-state index in [0.717, 1.165) is 65.6 Å². The van der Waals surface area contributed by atoms with Gasteiger partial charge in [0.1, 0.15) is 29.1 Å². The maximum absolute atomic E-state index is 9.57. The third-order valence-electron chi connectivity index (χ3n) is 5.04. The van der Waals surface area contributed by atoms with Gasteiger partial charge in [-0.15, -0.1) is 0 Å². The molecule has 0 unspecified atom stereocenters. The van der Waals surface area contributed by atoms with Crippen LogP contribution in [0.15, 0.2) is 42.5 Å². The predicted molar refractivity (Wildman–Crippen MR) is 108 cm³/mol. The highest BCUT2D eigenvalue weighted by atomic mass is 16.5. The summed E-state index contributed by atoms with van der Waals surface area (Å²) in [5.74, 6) is 2.43. The predicted octanol–water partition coefficient (Wildman–Crippen LogP) is 4.18. The minimum atomic E-state index is 0.586. The Kier molecular flexibility index (Phi) is 4.90. The zero-order chi connectivity index (χ0) is 19.5. The van der Waals surface area contributed by atoms with E-state index in [4.69, 9.17) is 14.6 Å². The van der Waals surface area contributed by atoms with Crippen molar-refractivity contribution in [2.45, 2.75) is 19.3 Å². The number of methoxy groups -OCH3 is 2. The largest absolute Gasteiger partial charge is 0.497 e. The van der Waals surface area contributed by atoms with Crippen LogP contribution in [0.1, 0.15) is 24.0 Å². The van der Waals surface area contributed by atoms with Gasteiger partial charge in [0.2, 0.25) is 0 Å². The van der Waals surface area contributed by atoms with Crippen molar-refractivity contribution in [2.75, 3.05) is 26.1 Å². The minimum Gasteiger partial charge on any atom is -0.497 e. The highest BCUT2D eigenvalue weighted by Gasteiger charge is 2.24. The summed E-state index contributed by atoms with van der Waals surface area (Å²) in [6.07, 6.45) is 3.07. The van der Waals surface area contributed by atoms with Crippen LogP contribution in [-0.2, 0) is 6.42 Å². The fraction of sp³-hybridized carbons (Fsp3) is 0.273. The standard InChI is InChI=1S/C22H22N4O2/c1-27-16-10-11-20(28-2)18(13-16)21-17-8-5-6-12-24-22(17)26(25-21)19-9-4-3-7-15(19)14-23/h3-4,7,9-11,13,24H,5-6,8,12H2,1-2H3. The molecule has 0 atom stereocenters. The van der Waals surface area contributed by atoms with E-state index >= 15 is 0 Å². The van der Waals surface area contributed by atoms with Crippen LogP contribution < -0.4 is 14.8 Å². The van der Waals surface area contributed by atoms with Crippen molar-refractivity contribution in [1.29, 1.82) is 5.26 Å². The molecule has 1 N–H and O–H groups in total. The first-order chi connectivity index (χ1) is 13.8. The lowest BCUT2D eigenvalue weighted by atomic mass is 10.0. The number of nitrogens with zero attached hydrogens (tertiary/aromatic N) is 3. The quantitative estimate of drug-likeness (QED) is 0.742. The number of benzene rings is 2. The van der Waals surface area contributed by atoms with Crippen LogP contribution in [-0.4, -0.2) is 30.5 Å². The molecule has 0 saturated heterocycles. The van der Waals surface area contributed by atoms with Gasteiger partial charge in [-0.2, -0.15) is 10.4 Å². The molecule has 0 radical (unpaired) electrons. The first-order valence-corrected chi connectivity index (χ1v) is 9.34. The number of anilines is 1. The summed E-state index contributed by atoms with van der Waals surface area (Å²) in [4.78, 5) is 0. The normalized spacial score (nSPS) is 13.0. The first kappa shape index (κ1) is 17.9. The van der Waals surface area contributed by atoms with Crippen LogP contribution in [0.4, 0.5) is 5.82 Å². The molecule has 6 nitrogen and oxygen atoms in total. The van der Waals surface area contributed by atoms with Gasteiger partial charge in [0.05, 0.1) is 25.5 Å². The average Bonchev–Trinajstić information content (AvgIpc) is 2.93. The summed E-state index contributed by atoms with van der Waals surface area (Å²) >= 11 is 0. The average molecular weight is 374 g/mol. The van der Waals surface area contributed by atoms with Crippen molar-refractivity contribution in [3.05, 3.63) is 53.6 Å². The molecular formula is C22H22N4O2. The van der Waals surface area contributed by atoms with Gasteiger partial charge in [-0.3, -0.25) is 0 Å². The zero-order valence-corrected chi connectivity index (χ0v) is 16.0. The molecule has 1 aliphatic heterocycles. The minimum absolute atomic E-state index is 0.586. The first-order valence-electron chi connectivity index (χ1n) is 9.34. The smallest absolute Gasteiger partial charge is 0.133 e. The summed E-state index contributed by atoms with van der Waals surface area (Å²) in [5, 5.41) is 18.0. The van der Waals surface area contributed by atoms with E-state index in [2.05, 4.69) is 11.4 Å². The second-order valence-electron chi connectivity index (χ2n) is 6.67. The van der Waals surface area contributed by atoms with Crippen LogP contribution in [0.5, 0.6) is 11.5 Å². The molecule has 1 aromatic heterocycles. The Morgan fingerprint density at radius 3 is 2.75 bits per heavy atom. The number of ether oxygens (including phenoxy) is 2. The number of hydrogen-bond acceptors (Lipinski definition) is 5. The molecule has 0 saturated carbocycles. The number of nitrogens with one attached hydrogen (secondary N) is 1. The van der Waals surface area contributed by atoms with E-state index in [1.165, 1.54) is 0 Å². The van der Waals surface area contributed by atoms with E-state index < -0.39 is 0 Å². The second kappa shape index (κ2) is 7.65. The van der Waals surface area contributed by atoms with Crippen molar-refractivity contribution in [1.82, 2.24) is 9.78 Å². The fourth-order valence-electron chi connectivity index (χ4n) is 3.65. The Labute approximate surface area is 164 Å². The lowest BCUT2D eigenvalue weighted by molar-refractivity contribution is 0.404. The molecule has 3 aromatic rings. The summed E-state index contributed by atoms with van der Waals surface area (Å²) in [6.45, 7) is 0.877. The van der Waals surface area contributed by atoms with Gasteiger partial charge < -0.3 is 14.8 Å². The Balaban J connectivity index is 1.98. The number of aromatic nitrogens is 2. The van der Waals surface area contributed by atoms with E-state index in [1.54, 1.807) is 14.2 Å². The van der Waals surface area contributed by atoms with Crippen LogP contribution in [0.3, 0.4) is 0 Å². The highest BCUT2D eigenvalue weighted by Crippen LogP contribution is 2.39. The second-order valence-corrected chi connectivity index (χ2v) is 6.67. The van der Waals surface area contributed by atoms with Gasteiger partial charge in [-0.05, 0) is 49.6 Å². The number of para-hydroxylation sites is 1. The van der Waals surface area contributed by atoms with Gasteiger partial charge in [0.25, 0.3) is 0 Å². The molecular weight excluding hydrogens is 352 g/mol. The molecule has 0 fully saturated rings. The van der Waals surface area contributed by atoms with Crippen molar-refractivity contribution in [2.24, 2.45) is 0 Å². The Hall–Kier alpha value is -3.46. The lowest BCUT2D eigenvalue weighted by Crippen LogP contribution is -2.08. The SMILES string of the molecule is COc1ccc(OC)c(-c2nn(-c3ccccc3C#N)c3c2CCCCN3)c1. The van der Waals surface area contributed by atoms with Crippen molar-refractivity contribution in [3.63, 3.8) is 0 Å². The maximum atomic E-state index is 9.57. The van der Waals surface area contributed by atoms with Crippen LogP contribution in [0.2, 0.25) is 0 Å².